The minimum absolute atomic E-state index is 0. The number of benzene rings is 1. The van der Waals surface area contributed by atoms with E-state index in [1.165, 1.54) is 0 Å². The Morgan fingerprint density at radius 2 is 1.03 bits per heavy atom. The van der Waals surface area contributed by atoms with Crippen LogP contribution in [-0.4, -0.2) is 217 Å². The number of unbranched alkanes of at least 4 members (excludes halogenated alkanes) is 3. The van der Waals surface area contributed by atoms with E-state index in [1.54, 1.807) is 31.7 Å². The maximum absolute atomic E-state index is 12.3. The monoisotopic (exact) mass is 1140 g/mol. The fourth-order valence-corrected chi connectivity index (χ4v) is 7.29. The largest absolute Gasteiger partial charge is 3.00 e. The molecule has 0 saturated carbocycles. The van der Waals surface area contributed by atoms with Crippen LogP contribution in [0.1, 0.15) is 56.9 Å². The molecule has 0 bridgehead atoms. The van der Waals surface area contributed by atoms with Gasteiger partial charge in [0.05, 0.1) is 26.2 Å². The molecule has 1 heterocycles. The van der Waals surface area contributed by atoms with Crippen LogP contribution in [0.3, 0.4) is 0 Å². The van der Waals surface area contributed by atoms with Crippen LogP contribution in [0.15, 0.2) is 24.3 Å². The fraction of sp³-hybridized carbons (Fsp3) is 0.610. The number of nitrogens with one attached hydrogen (secondary N) is 5. The van der Waals surface area contributed by atoms with Crippen LogP contribution in [-0.2, 0) is 44.8 Å². The van der Waals surface area contributed by atoms with E-state index in [4.69, 9.17) is 17.3 Å². The maximum atomic E-state index is 12.3. The molecule has 386 valence electrons. The van der Waals surface area contributed by atoms with Crippen molar-refractivity contribution in [1.82, 2.24) is 40.9 Å². The van der Waals surface area contributed by atoms with Gasteiger partial charge in [-0.1, -0.05) is 25.0 Å². The van der Waals surface area contributed by atoms with Crippen molar-refractivity contribution >= 4 is 76.7 Å². The molecule has 1 aromatic carbocycles. The van der Waals surface area contributed by atoms with E-state index in [1.807, 2.05) is 17.4 Å². The van der Waals surface area contributed by atoms with Crippen LogP contribution in [0.25, 0.3) is 0 Å². The minimum Gasteiger partial charge on any atom is -0.481 e. The molecular weight excluding hydrogens is 1080 g/mol. The van der Waals surface area contributed by atoms with Crippen LogP contribution < -0.4 is 26.6 Å². The summed E-state index contributed by atoms with van der Waals surface area (Å²) < 4.78 is 0. The van der Waals surface area contributed by atoms with Crippen molar-refractivity contribution in [2.75, 3.05) is 90.4 Å². The molecule has 1 saturated heterocycles. The number of hydrogen-bond acceptors (Lipinski definition) is 14. The van der Waals surface area contributed by atoms with Gasteiger partial charge in [-0.2, -0.15) is 0 Å². The van der Waals surface area contributed by atoms with Gasteiger partial charge in [-0.15, -0.1) is 0 Å². The molecule has 0 radical (unpaired) electrons. The van der Waals surface area contributed by atoms with E-state index in [0.29, 0.717) is 36.7 Å². The molecule has 1 aromatic rings. The van der Waals surface area contributed by atoms with Crippen molar-refractivity contribution in [2.24, 2.45) is 0 Å². The van der Waals surface area contributed by atoms with Gasteiger partial charge in [-0.3, -0.25) is 48.4 Å². The van der Waals surface area contributed by atoms with E-state index in [2.05, 4.69) is 21.3 Å². The summed E-state index contributed by atoms with van der Waals surface area (Å²) >= 11 is 5.45. The first-order valence-corrected chi connectivity index (χ1v) is 22.0. The average molecular weight is 1150 g/mol. The fourth-order valence-electron chi connectivity index (χ4n) is 7.07. The predicted molar refractivity (Wildman–Crippen MR) is 242 cm³/mol. The summed E-state index contributed by atoms with van der Waals surface area (Å²) in [5.74, 6) is -9.02. The number of hydrogen-bond donors (Lipinski definition) is 12. The van der Waals surface area contributed by atoms with E-state index >= 15 is 0 Å². The molecule has 3 amide bonds. The molecule has 0 aliphatic carbocycles. The van der Waals surface area contributed by atoms with E-state index < -0.39 is 84.7 Å². The summed E-state index contributed by atoms with van der Waals surface area (Å²) in [4.78, 5) is 112. The number of urea groups is 1. The molecule has 12 N–H and O–H groups in total. The second-order valence-corrected chi connectivity index (χ2v) is 16.3. The van der Waals surface area contributed by atoms with Gasteiger partial charge in [0.25, 0.3) is 0 Å². The Morgan fingerprint density at radius 1 is 0.574 bits per heavy atom. The summed E-state index contributed by atoms with van der Waals surface area (Å²) in [5, 5.41) is 79.3. The molecule has 25 nitrogen and oxygen atoms in total. The Balaban J connectivity index is 0.0000231. The SMILES string of the molecule is O=C(O)CC[C@H](NC(=O)N[C@@H](CCC(=O)NCCCCCCNC(=S)Nc1ccc(CC2CN(CC(=O)O)CCN(CC(=O)O)CCN(CC(=O)O)CCN2CC(=O)O)cc1)C(=O)O)C(=O)O.[Lu+3]. The maximum Gasteiger partial charge on any atom is 3.00 e. The van der Waals surface area contributed by atoms with Gasteiger partial charge in [0.1, 0.15) is 12.1 Å². The Labute approximate surface area is 427 Å². The molecule has 0 aromatic heterocycles. The summed E-state index contributed by atoms with van der Waals surface area (Å²) in [6.07, 6.45) is 1.81. The molecule has 2 rings (SSSR count). The molecule has 0 spiro atoms. The van der Waals surface area contributed by atoms with Crippen LogP contribution >= 0.6 is 12.2 Å². The van der Waals surface area contributed by atoms with Gasteiger partial charge in [-0.25, -0.2) is 14.4 Å². The van der Waals surface area contributed by atoms with Crippen LogP contribution in [0, 0.1) is 36.9 Å². The third-order valence-corrected chi connectivity index (χ3v) is 10.7. The number of anilines is 1. The van der Waals surface area contributed by atoms with Crippen molar-refractivity contribution in [1.29, 1.82) is 0 Å². The third kappa shape index (κ3) is 27.7. The summed E-state index contributed by atoms with van der Waals surface area (Å²) in [5.41, 5.74) is 1.48. The van der Waals surface area contributed by atoms with Crippen molar-refractivity contribution in [3.8, 4) is 0 Å². The molecule has 1 unspecified atom stereocenters. The third-order valence-electron chi connectivity index (χ3n) is 10.5. The Morgan fingerprint density at radius 3 is 1.51 bits per heavy atom. The van der Waals surface area contributed by atoms with Gasteiger partial charge in [0, 0.05) is 83.5 Å². The van der Waals surface area contributed by atoms with Crippen molar-refractivity contribution in [3.63, 3.8) is 0 Å². The Kier molecular flexibility index (Phi) is 30.1. The number of carbonyl (C=O) groups excluding carboxylic acids is 2. The van der Waals surface area contributed by atoms with Gasteiger partial charge in [0.2, 0.25) is 5.91 Å². The smallest absolute Gasteiger partial charge is 0.481 e. The summed E-state index contributed by atoms with van der Waals surface area (Å²) in [6.45, 7) is 0.730. The first kappa shape index (κ1) is 61.0. The summed E-state index contributed by atoms with van der Waals surface area (Å²) in [6, 6.07) is 2.55. The number of aliphatic carboxylic acids is 7. The molecule has 1 aliphatic heterocycles. The number of carboxylic acid groups (broad SMARTS) is 7. The molecule has 1 fully saturated rings. The quantitative estimate of drug-likeness (QED) is 0.0353. The molecule has 68 heavy (non-hydrogen) atoms. The number of rotatable bonds is 28. The predicted octanol–water partition coefficient (Wildman–Crippen LogP) is -1.03. The standard InChI is InChI=1S/C41H63N9O16S.Lu/c51-32(11-9-30(38(62)63)45-40(66)46-31(39(64)65)10-12-33(52)53)42-13-3-1-2-4-14-43-41(67)44-28-7-5-27(6-8-28)21-29-22-49(25-36(58)59)18-17-47(23-34(54)55)15-16-48(24-35(56)57)19-20-50(29)26-37(60)61;/h5-8,29-31H,1-4,9-26H2,(H,42,51)(H,52,53)(H,54,55)(H,56,57)(H,58,59)(H,60,61)(H,62,63)(H,64,65)(H2,43,44,67)(H2,45,46,66);/q;+3/t29?,30-,31-;/m0./s1. The van der Waals surface area contributed by atoms with Crippen molar-refractivity contribution in [2.45, 2.75) is 75.9 Å². The zero-order valence-electron chi connectivity index (χ0n) is 37.4. The first-order valence-electron chi connectivity index (χ1n) is 21.6. The number of amides is 3. The van der Waals surface area contributed by atoms with E-state index in [9.17, 15) is 73.8 Å². The molecule has 3 atom stereocenters. The van der Waals surface area contributed by atoms with Crippen LogP contribution in [0.4, 0.5) is 10.5 Å². The zero-order valence-corrected chi connectivity index (χ0v) is 39.8. The average Bonchev–Trinajstić information content (AvgIpc) is 3.23. The van der Waals surface area contributed by atoms with E-state index in [-0.39, 0.29) is 122 Å². The van der Waals surface area contributed by atoms with E-state index in [0.717, 1.165) is 24.8 Å². The van der Waals surface area contributed by atoms with Gasteiger partial charge >= 0.3 is 84.7 Å². The van der Waals surface area contributed by atoms with Gasteiger partial charge in [-0.05, 0) is 62.0 Å². The second kappa shape index (κ2) is 33.5. The Hall–Kier alpha value is -4.99. The number of nitrogens with zero attached hydrogens (tertiary/aromatic N) is 4. The number of carbonyl (C=O) groups is 9. The first-order chi connectivity index (χ1) is 31.7. The Bertz CT molecular complexity index is 1850. The number of thiocarbonyl (C=S) groups is 1. The van der Waals surface area contributed by atoms with Crippen LogP contribution in [0.5, 0.6) is 0 Å². The molecule has 27 heteroatoms. The van der Waals surface area contributed by atoms with Crippen molar-refractivity contribution < 1.29 is 116 Å². The van der Waals surface area contributed by atoms with Gasteiger partial charge < -0.3 is 62.3 Å². The van der Waals surface area contributed by atoms with Crippen molar-refractivity contribution in [3.05, 3.63) is 29.8 Å². The topological polar surface area (TPSA) is 368 Å². The minimum atomic E-state index is -1.55. The second-order valence-electron chi connectivity index (χ2n) is 15.9. The van der Waals surface area contributed by atoms with Gasteiger partial charge in [0.15, 0.2) is 5.11 Å². The summed E-state index contributed by atoms with van der Waals surface area (Å²) in [7, 11) is 0. The molecular formula is C41H63LuN9O16S+3. The molecule has 1 aliphatic rings. The number of carboxylic acids is 7. The van der Waals surface area contributed by atoms with Crippen LogP contribution in [0.2, 0.25) is 0 Å². The normalized spacial score (nSPS) is 16.2. The zero-order chi connectivity index (χ0) is 49.9.